The van der Waals surface area contributed by atoms with Crippen molar-refractivity contribution in [3.8, 4) is 0 Å². The highest BCUT2D eigenvalue weighted by molar-refractivity contribution is 5.93. The highest BCUT2D eigenvalue weighted by Crippen LogP contribution is 2.46. The third kappa shape index (κ3) is 35.9. The Morgan fingerprint density at radius 1 is 0.440 bits per heavy atom. The Morgan fingerprint density at radius 2 is 0.960 bits per heavy atom. The highest BCUT2D eigenvalue weighted by atomic mass is 16.7. The molecule has 0 aromatic carbocycles. The van der Waals surface area contributed by atoms with Crippen LogP contribution in [0.4, 0.5) is 0 Å². The van der Waals surface area contributed by atoms with E-state index in [0.29, 0.717) is 25.8 Å². The van der Waals surface area contributed by atoms with Crippen LogP contribution < -0.4 is 37.2 Å². The fourth-order valence-electron chi connectivity index (χ4n) is 15.6. The van der Waals surface area contributed by atoms with E-state index < -0.39 is 262 Å². The molecule has 25 atom stereocenters. The van der Waals surface area contributed by atoms with E-state index in [-0.39, 0.29) is 181 Å². The lowest BCUT2D eigenvalue weighted by molar-refractivity contribution is -0.284. The lowest BCUT2D eigenvalue weighted by Gasteiger charge is -2.42. The lowest BCUT2D eigenvalue weighted by atomic mass is 9.69. The number of likely N-dealkylation sites (tertiary alicyclic amines) is 1. The molecule has 4 saturated heterocycles. The molecule has 0 spiro atoms. The van der Waals surface area contributed by atoms with Gasteiger partial charge < -0.3 is 161 Å². The van der Waals surface area contributed by atoms with E-state index in [1.807, 2.05) is 13.8 Å². The number of nitrogens with one attached hydrogen (secondary N) is 7. The second-order valence-corrected chi connectivity index (χ2v) is 33.5. The van der Waals surface area contributed by atoms with Gasteiger partial charge in [0.15, 0.2) is 24.7 Å². The topological polar surface area (TPSA) is 640 Å². The quantitative estimate of drug-likeness (QED) is 0.0252. The molecule has 0 bridgehead atoms. The molecule has 125 heavy (non-hydrogen) atoms. The lowest BCUT2D eigenvalue weighted by Crippen LogP contribution is -2.64. The van der Waals surface area contributed by atoms with Crippen molar-refractivity contribution in [2.45, 2.75) is 273 Å². The third-order valence-corrected chi connectivity index (χ3v) is 23.7. The summed E-state index contributed by atoms with van der Waals surface area (Å²) in [5.41, 5.74) is -1.24. The van der Waals surface area contributed by atoms with Gasteiger partial charge >= 0.3 is 0 Å². The van der Waals surface area contributed by atoms with Crippen LogP contribution >= 0.6 is 0 Å². The molecule has 43 nitrogen and oxygen atoms in total. The fraction of sp³-hybridized carbons (Fsp3) is 0.866. The van der Waals surface area contributed by atoms with E-state index in [1.165, 1.54) is 21.0 Å². The van der Waals surface area contributed by atoms with Gasteiger partial charge in [0.05, 0.1) is 116 Å². The number of aliphatic hydroxyl groups is 13. The van der Waals surface area contributed by atoms with Gasteiger partial charge in [-0.15, -0.1) is 0 Å². The van der Waals surface area contributed by atoms with E-state index in [4.69, 9.17) is 52.1 Å². The number of ether oxygens (including phenoxy) is 11. The van der Waals surface area contributed by atoms with Gasteiger partial charge in [0.25, 0.3) is 0 Å². The van der Waals surface area contributed by atoms with Gasteiger partial charge in [0.1, 0.15) is 72.5 Å². The average molecular weight is 1800 g/mol. The maximum absolute atomic E-state index is 14.9. The Hall–Kier alpha value is -6.19. The molecule has 5 aliphatic rings. The first-order valence-electron chi connectivity index (χ1n) is 43.4. The Bertz CT molecular complexity index is 3280. The van der Waals surface area contributed by atoms with Crippen LogP contribution in [0.1, 0.15) is 157 Å². The molecule has 5 fully saturated rings. The molecule has 1 saturated carbocycles. The molecule has 8 amide bonds. The number of rotatable bonds is 61. The van der Waals surface area contributed by atoms with Gasteiger partial charge in [-0.1, -0.05) is 27.7 Å². The van der Waals surface area contributed by atoms with Gasteiger partial charge in [0, 0.05) is 172 Å². The van der Waals surface area contributed by atoms with Gasteiger partial charge in [-0.2, -0.15) is 0 Å². The summed E-state index contributed by atoms with van der Waals surface area (Å²) in [7, 11) is 1.53. The number of ketones is 3. The van der Waals surface area contributed by atoms with E-state index in [2.05, 4.69) is 37.2 Å². The van der Waals surface area contributed by atoms with Crippen molar-refractivity contribution in [2.24, 2.45) is 34.5 Å². The Morgan fingerprint density at radius 3 is 1.55 bits per heavy atom. The molecular weight excluding hydrogens is 1660 g/mol. The molecule has 43 heteroatoms. The molecule has 0 aromatic rings. The van der Waals surface area contributed by atoms with Crippen LogP contribution in [0.25, 0.3) is 0 Å². The first-order chi connectivity index (χ1) is 59.5. The summed E-state index contributed by atoms with van der Waals surface area (Å²) < 4.78 is 62.4. The summed E-state index contributed by atoms with van der Waals surface area (Å²) in [6.45, 7) is 7.42. The van der Waals surface area contributed by atoms with Crippen molar-refractivity contribution in [3.05, 3.63) is 0 Å². The SMILES string of the molecule is COC[C@]1(C)CN(C(=O)CCNC(=O)CCC(=O)C[C@H](CCC(=O)N[C@H](CCC(=O)NCCOCCOC2C[C@H](CO)[C@H](O)[C@H](O)[C@H]2NC(C)=O)C(=O)CCCOCCOC2O[C@H](CO)[C@H](O)[C@H](O)[C@H]2NC(C)=O)C(=O)N[C@H](CCC(=O)CCCOCCOC2O[C@H](CO)[C@H](O)[C@H](O)[C@H]2C)C(=O)NCCCCCOC2O[C@H](CO)[C@H](O)[C@H](O)[C@H]2C)C[C@]1(C)CO. The number of unbranched alkanes of at least 4 members (excludes halogenated alkanes) is 2. The van der Waals surface area contributed by atoms with Crippen LogP contribution in [0.3, 0.4) is 0 Å². The number of hydrogen-bond acceptors (Lipinski definition) is 35. The number of methoxy groups -OCH3 is 1. The normalized spacial score (nSPS) is 30.0. The molecule has 4 heterocycles. The zero-order valence-electron chi connectivity index (χ0n) is 73.1. The number of aliphatic hydroxyl groups excluding tert-OH is 13. The number of hydrogen-bond donors (Lipinski definition) is 20. The van der Waals surface area contributed by atoms with Gasteiger partial charge in [-0.25, -0.2) is 0 Å². The number of carbonyl (C=O) groups excluding carboxylic acids is 11. The minimum atomic E-state index is -1.57. The van der Waals surface area contributed by atoms with Crippen LogP contribution in [-0.2, 0) is 105 Å². The predicted octanol–water partition coefficient (Wildman–Crippen LogP) is -6.43. The van der Waals surface area contributed by atoms with Gasteiger partial charge in [-0.3, -0.25) is 52.7 Å². The summed E-state index contributed by atoms with van der Waals surface area (Å²) in [6, 6.07) is -4.99. The van der Waals surface area contributed by atoms with Crippen LogP contribution in [-0.4, -0.2) is 398 Å². The van der Waals surface area contributed by atoms with Crippen molar-refractivity contribution < 1.29 is 171 Å². The minimum absolute atomic E-state index is 0.00860. The maximum atomic E-state index is 14.9. The molecular formula is C82H142N8O35. The summed E-state index contributed by atoms with van der Waals surface area (Å²) in [5.74, 6) is -9.93. The molecule has 0 radical (unpaired) electrons. The fourth-order valence-corrected chi connectivity index (χ4v) is 15.6. The second kappa shape index (κ2) is 57.1. The first-order valence-corrected chi connectivity index (χ1v) is 43.4. The number of Topliss-reactive ketones (excluding diaryl/α,β-unsaturated/α-hetero) is 3. The Balaban J connectivity index is 1.30. The zero-order valence-corrected chi connectivity index (χ0v) is 73.1. The van der Waals surface area contributed by atoms with Gasteiger partial charge in [-0.05, 0) is 57.8 Å². The van der Waals surface area contributed by atoms with E-state index in [0.717, 1.165) is 0 Å². The van der Waals surface area contributed by atoms with Crippen LogP contribution in [0.2, 0.25) is 0 Å². The second-order valence-electron chi connectivity index (χ2n) is 33.5. The van der Waals surface area contributed by atoms with E-state index in [1.54, 1.807) is 18.7 Å². The summed E-state index contributed by atoms with van der Waals surface area (Å²) in [5, 5.41) is 151. The number of carbonyl (C=O) groups is 11. The summed E-state index contributed by atoms with van der Waals surface area (Å²) in [6.07, 6.45) is -20.6. The first kappa shape index (κ1) is 109. The van der Waals surface area contributed by atoms with Crippen molar-refractivity contribution in [3.63, 3.8) is 0 Å². The average Bonchev–Trinajstić information content (AvgIpc) is 1.62. The van der Waals surface area contributed by atoms with Crippen molar-refractivity contribution >= 4 is 64.6 Å². The number of nitrogens with zero attached hydrogens (tertiary/aromatic N) is 1. The standard InChI is InChI=1S/C82H142N8O35/c1-47-68(105)71(108)59(40-92)123-78(47)120-29-10-8-9-24-85-77(114)56(18-16-53(98)13-11-27-116-32-35-121-79-48(2)69(106)72(109)60(41-93)124-79)89-76(113)51(37-54(99)17-21-62(101)83-25-23-65(104)90-43-81(5,45-95)82(6,44-90)46-115-7)15-20-64(103)88-55(57(100)14-12-28-117-33-36-122-80-67(87-50(4)97)75(112)73(110)61(42-94)125-80)19-22-63(102)84-26-30-118-31-34-119-58-38-52(39-91)70(107)74(111)66(58)86-49(3)96/h47-48,51-52,55-56,58-61,66-75,78-80,91-95,105-112H,8-46H2,1-7H3,(H,83,101)(H,84,102)(H,85,114)(H,86,96)(H,87,97)(H,88,103)(H,89,113)/t47-,48-,51+,52-,55-,56-,58?,59-,60-,61-,66+,67-,68-,69-,70+,71+,72+,73+,74-,75-,78?,79?,80?,81-,82+/m1/s1. The van der Waals surface area contributed by atoms with Crippen molar-refractivity contribution in [1.29, 1.82) is 0 Å². The molecule has 5 rings (SSSR count). The van der Waals surface area contributed by atoms with Crippen molar-refractivity contribution in [2.75, 3.05) is 146 Å². The zero-order chi connectivity index (χ0) is 92.5. The Kier molecular flexibility index (Phi) is 49.9. The van der Waals surface area contributed by atoms with Crippen LogP contribution in [0.15, 0.2) is 0 Å². The maximum Gasteiger partial charge on any atom is 0.242 e. The monoisotopic (exact) mass is 1800 g/mol. The smallest absolute Gasteiger partial charge is 0.242 e. The van der Waals surface area contributed by atoms with Gasteiger partial charge in [0.2, 0.25) is 47.3 Å². The molecule has 1 aliphatic carbocycles. The molecule has 720 valence electrons. The largest absolute Gasteiger partial charge is 0.396 e. The van der Waals surface area contributed by atoms with Crippen LogP contribution in [0.5, 0.6) is 0 Å². The van der Waals surface area contributed by atoms with E-state index >= 15 is 0 Å². The molecule has 4 aliphatic heterocycles. The Labute approximate surface area is 728 Å². The van der Waals surface area contributed by atoms with Crippen molar-refractivity contribution in [1.82, 2.24) is 42.1 Å². The predicted molar refractivity (Wildman–Crippen MR) is 436 cm³/mol. The molecule has 0 aromatic heterocycles. The van der Waals surface area contributed by atoms with E-state index in [9.17, 15) is 119 Å². The third-order valence-electron chi connectivity index (χ3n) is 23.7. The summed E-state index contributed by atoms with van der Waals surface area (Å²) >= 11 is 0. The van der Waals surface area contributed by atoms with Crippen LogP contribution in [0, 0.1) is 34.5 Å². The number of amides is 8. The highest BCUT2D eigenvalue weighted by Gasteiger charge is 2.54. The molecule has 4 unspecified atom stereocenters. The summed E-state index contributed by atoms with van der Waals surface area (Å²) in [4.78, 5) is 151. The minimum Gasteiger partial charge on any atom is -0.396 e. The molecule has 20 N–H and O–H groups in total.